The van der Waals surface area contributed by atoms with Gasteiger partial charge in [-0.1, -0.05) is 37.1 Å². The fourth-order valence-electron chi connectivity index (χ4n) is 3.22. The highest BCUT2D eigenvalue weighted by molar-refractivity contribution is 7.12. The summed E-state index contributed by atoms with van der Waals surface area (Å²) in [5.41, 5.74) is 0.478. The van der Waals surface area contributed by atoms with E-state index in [2.05, 4.69) is 0 Å². The van der Waals surface area contributed by atoms with Crippen LogP contribution in [0.5, 0.6) is 0 Å². The third-order valence-corrected chi connectivity index (χ3v) is 5.55. The van der Waals surface area contributed by atoms with E-state index >= 15 is 0 Å². The summed E-state index contributed by atoms with van der Waals surface area (Å²) in [5, 5.41) is 1.82. The Bertz CT molecular complexity index is 807. The van der Waals surface area contributed by atoms with Gasteiger partial charge in [0, 0.05) is 18.7 Å². The summed E-state index contributed by atoms with van der Waals surface area (Å²) in [4.78, 5) is 40.3. The highest BCUT2D eigenvalue weighted by atomic mass is 32.1. The van der Waals surface area contributed by atoms with Gasteiger partial charge in [-0.2, -0.15) is 0 Å². The molecule has 5 nitrogen and oxygen atoms in total. The number of ether oxygens (including phenoxy) is 1. The highest BCUT2D eigenvalue weighted by Crippen LogP contribution is 2.20. The Kier molecular flexibility index (Phi) is 6.40. The summed E-state index contributed by atoms with van der Waals surface area (Å²) in [7, 11) is 0. The number of ketones is 1. The molecule has 3 rings (SSSR count). The standard InChI is InChI=1S/C21H23NO4S/c1-15(20(24)22-12-6-2-3-7-13-22)26-21(25)17-10-5-4-9-16(17)19(23)18-11-8-14-27-18/h4-5,8-11,14-15H,2-3,6-7,12-13H2,1H3. The maximum absolute atomic E-state index is 12.7. The minimum atomic E-state index is -0.875. The molecule has 2 aromatic rings. The number of amides is 1. The van der Waals surface area contributed by atoms with Crippen molar-refractivity contribution in [1.29, 1.82) is 0 Å². The number of thiophene rings is 1. The van der Waals surface area contributed by atoms with E-state index in [9.17, 15) is 14.4 Å². The van der Waals surface area contributed by atoms with Crippen molar-refractivity contribution in [2.24, 2.45) is 0 Å². The molecule has 142 valence electrons. The zero-order valence-corrected chi connectivity index (χ0v) is 16.2. The van der Waals surface area contributed by atoms with Crippen molar-refractivity contribution in [3.05, 3.63) is 57.8 Å². The molecule has 0 aliphatic carbocycles. The Hall–Kier alpha value is -2.47. The van der Waals surface area contributed by atoms with Crippen molar-refractivity contribution >= 4 is 29.0 Å². The third kappa shape index (κ3) is 4.63. The van der Waals surface area contributed by atoms with Crippen molar-refractivity contribution < 1.29 is 19.1 Å². The molecule has 0 bridgehead atoms. The van der Waals surface area contributed by atoms with Crippen LogP contribution in [0.3, 0.4) is 0 Å². The van der Waals surface area contributed by atoms with Crippen LogP contribution in [-0.2, 0) is 9.53 Å². The van der Waals surface area contributed by atoms with Crippen LogP contribution in [0, 0.1) is 0 Å². The molecule has 1 fully saturated rings. The minimum Gasteiger partial charge on any atom is -0.449 e. The van der Waals surface area contributed by atoms with Gasteiger partial charge in [-0.15, -0.1) is 11.3 Å². The molecule has 1 aromatic heterocycles. The molecular weight excluding hydrogens is 362 g/mol. The molecule has 0 saturated carbocycles. The van der Waals surface area contributed by atoms with E-state index in [0.717, 1.165) is 25.7 Å². The van der Waals surface area contributed by atoms with Crippen LogP contribution in [0.4, 0.5) is 0 Å². The van der Waals surface area contributed by atoms with E-state index in [1.165, 1.54) is 11.3 Å². The van der Waals surface area contributed by atoms with Gasteiger partial charge in [0.2, 0.25) is 5.78 Å². The second-order valence-electron chi connectivity index (χ2n) is 6.64. The highest BCUT2D eigenvalue weighted by Gasteiger charge is 2.27. The van der Waals surface area contributed by atoms with E-state index in [4.69, 9.17) is 4.74 Å². The van der Waals surface area contributed by atoms with Gasteiger partial charge >= 0.3 is 5.97 Å². The SMILES string of the molecule is CC(OC(=O)c1ccccc1C(=O)c1cccs1)C(=O)N1CCCCCC1. The maximum atomic E-state index is 12.7. The Morgan fingerprint density at radius 3 is 2.26 bits per heavy atom. The summed E-state index contributed by atoms with van der Waals surface area (Å²) < 4.78 is 5.42. The number of benzene rings is 1. The van der Waals surface area contributed by atoms with Crippen LogP contribution in [0.2, 0.25) is 0 Å². The maximum Gasteiger partial charge on any atom is 0.339 e. The quantitative estimate of drug-likeness (QED) is 0.578. The topological polar surface area (TPSA) is 63.7 Å². The first-order chi connectivity index (χ1) is 13.1. The second-order valence-corrected chi connectivity index (χ2v) is 7.59. The predicted molar refractivity (Wildman–Crippen MR) is 104 cm³/mol. The molecule has 1 saturated heterocycles. The molecule has 1 aliphatic heterocycles. The van der Waals surface area contributed by atoms with Crippen molar-refractivity contribution in [3.8, 4) is 0 Å². The molecule has 0 N–H and O–H groups in total. The number of likely N-dealkylation sites (tertiary alicyclic amines) is 1. The summed E-state index contributed by atoms with van der Waals surface area (Å²) >= 11 is 1.32. The van der Waals surface area contributed by atoms with Crippen LogP contribution < -0.4 is 0 Å². The summed E-state index contributed by atoms with van der Waals surface area (Å²) in [5.74, 6) is -1.04. The van der Waals surface area contributed by atoms with Gasteiger partial charge in [0.1, 0.15) is 0 Å². The van der Waals surface area contributed by atoms with Crippen LogP contribution in [0.1, 0.15) is 58.2 Å². The molecule has 1 aromatic carbocycles. The van der Waals surface area contributed by atoms with Crippen molar-refractivity contribution in [3.63, 3.8) is 0 Å². The van der Waals surface area contributed by atoms with Crippen molar-refractivity contribution in [1.82, 2.24) is 4.90 Å². The largest absolute Gasteiger partial charge is 0.449 e. The van der Waals surface area contributed by atoms with Crippen molar-refractivity contribution in [2.75, 3.05) is 13.1 Å². The number of hydrogen-bond donors (Lipinski definition) is 0. The molecule has 1 unspecified atom stereocenters. The lowest BCUT2D eigenvalue weighted by Crippen LogP contribution is -2.40. The van der Waals surface area contributed by atoms with Crippen LogP contribution in [0.15, 0.2) is 41.8 Å². The number of hydrogen-bond acceptors (Lipinski definition) is 5. The Balaban J connectivity index is 1.72. The number of carbonyl (C=O) groups is 3. The van der Waals surface area contributed by atoms with Gasteiger partial charge in [-0.3, -0.25) is 9.59 Å². The molecule has 0 radical (unpaired) electrons. The monoisotopic (exact) mass is 385 g/mol. The lowest BCUT2D eigenvalue weighted by atomic mass is 10.0. The Labute approximate surface area is 162 Å². The molecule has 6 heteroatoms. The Morgan fingerprint density at radius 2 is 1.63 bits per heavy atom. The van der Waals surface area contributed by atoms with E-state index in [0.29, 0.717) is 23.5 Å². The molecule has 0 spiro atoms. The lowest BCUT2D eigenvalue weighted by molar-refractivity contribution is -0.139. The number of esters is 1. The fraction of sp³-hybridized carbons (Fsp3) is 0.381. The predicted octanol–water partition coefficient (Wildman–Crippen LogP) is 3.93. The number of rotatable bonds is 5. The van der Waals surface area contributed by atoms with Crippen LogP contribution >= 0.6 is 11.3 Å². The van der Waals surface area contributed by atoms with Crippen LogP contribution in [0.25, 0.3) is 0 Å². The first-order valence-corrected chi connectivity index (χ1v) is 10.1. The minimum absolute atomic E-state index is 0.174. The van der Waals surface area contributed by atoms with Gasteiger partial charge in [0.25, 0.3) is 5.91 Å². The second kappa shape index (κ2) is 8.95. The fourth-order valence-corrected chi connectivity index (χ4v) is 3.90. The van der Waals surface area contributed by atoms with Gasteiger partial charge in [0.05, 0.1) is 10.4 Å². The lowest BCUT2D eigenvalue weighted by Gasteiger charge is -2.24. The normalized spacial score (nSPS) is 15.7. The summed E-state index contributed by atoms with van der Waals surface area (Å²) in [6.07, 6.45) is 3.32. The molecule has 1 amide bonds. The molecule has 2 heterocycles. The molecule has 27 heavy (non-hydrogen) atoms. The van der Waals surface area contributed by atoms with E-state index in [1.807, 2.05) is 5.38 Å². The zero-order valence-electron chi connectivity index (χ0n) is 15.3. The Morgan fingerprint density at radius 1 is 0.963 bits per heavy atom. The average molecular weight is 385 g/mol. The summed E-state index contributed by atoms with van der Waals surface area (Å²) in [6, 6.07) is 10.1. The smallest absolute Gasteiger partial charge is 0.339 e. The molecular formula is C21H23NO4S. The van der Waals surface area contributed by atoms with E-state index in [-0.39, 0.29) is 17.3 Å². The van der Waals surface area contributed by atoms with Gasteiger partial charge in [-0.25, -0.2) is 4.79 Å². The van der Waals surface area contributed by atoms with Gasteiger partial charge in [0.15, 0.2) is 6.10 Å². The van der Waals surface area contributed by atoms with Gasteiger partial charge in [-0.05, 0) is 37.3 Å². The first kappa shape index (κ1) is 19.3. The average Bonchev–Trinajstić information content (AvgIpc) is 3.09. The number of carbonyl (C=O) groups excluding carboxylic acids is 3. The first-order valence-electron chi connectivity index (χ1n) is 9.25. The van der Waals surface area contributed by atoms with Crippen molar-refractivity contribution in [2.45, 2.75) is 38.7 Å². The zero-order chi connectivity index (χ0) is 19.2. The summed E-state index contributed by atoms with van der Waals surface area (Å²) in [6.45, 7) is 3.00. The third-order valence-electron chi connectivity index (χ3n) is 4.69. The van der Waals surface area contributed by atoms with E-state index < -0.39 is 12.1 Å². The van der Waals surface area contributed by atoms with E-state index in [1.54, 1.807) is 48.2 Å². The van der Waals surface area contributed by atoms with Gasteiger partial charge < -0.3 is 9.64 Å². The molecule has 1 atom stereocenters. The van der Waals surface area contributed by atoms with Crippen LogP contribution in [-0.4, -0.2) is 41.8 Å². The molecule has 1 aliphatic rings. The number of nitrogens with zero attached hydrogens (tertiary/aromatic N) is 1.